The van der Waals surface area contributed by atoms with Crippen molar-refractivity contribution >= 4 is 10.9 Å². The highest BCUT2D eigenvalue weighted by atomic mass is 16.5. The van der Waals surface area contributed by atoms with Crippen molar-refractivity contribution < 1.29 is 14.0 Å². The first-order valence-electron chi connectivity index (χ1n) is 8.10. The number of ether oxygens (including phenoxy) is 2. The van der Waals surface area contributed by atoms with Gasteiger partial charge in [-0.2, -0.15) is 4.98 Å². The van der Waals surface area contributed by atoms with Gasteiger partial charge >= 0.3 is 0 Å². The van der Waals surface area contributed by atoms with Crippen LogP contribution in [0, 0.1) is 0 Å². The zero-order valence-corrected chi connectivity index (χ0v) is 14.7. The van der Waals surface area contributed by atoms with E-state index in [0.29, 0.717) is 31.3 Å². The molecule has 0 fully saturated rings. The first kappa shape index (κ1) is 17.3. The maximum atomic E-state index is 5.40. The molecule has 2 heterocycles. The second-order valence-corrected chi connectivity index (χ2v) is 5.85. The minimum absolute atomic E-state index is 0.577. The van der Waals surface area contributed by atoms with Crippen molar-refractivity contribution in [2.45, 2.75) is 19.5 Å². The Balaban J connectivity index is 1.72. The summed E-state index contributed by atoms with van der Waals surface area (Å²) in [6.45, 7) is 1.90. The van der Waals surface area contributed by atoms with Gasteiger partial charge in [-0.15, -0.1) is 0 Å². The highest BCUT2D eigenvalue weighted by Crippen LogP contribution is 2.27. The van der Waals surface area contributed by atoms with Crippen molar-refractivity contribution in [1.29, 1.82) is 0 Å². The lowest BCUT2D eigenvalue weighted by Crippen LogP contribution is -2.17. The molecule has 7 nitrogen and oxygen atoms in total. The second-order valence-electron chi connectivity index (χ2n) is 5.85. The monoisotopic (exact) mass is 342 g/mol. The van der Waals surface area contributed by atoms with Gasteiger partial charge in [0, 0.05) is 31.7 Å². The number of nitrogens with zero attached hydrogens (tertiary/aromatic N) is 4. The fourth-order valence-corrected chi connectivity index (χ4v) is 2.74. The first-order valence-corrected chi connectivity index (χ1v) is 8.10. The van der Waals surface area contributed by atoms with Crippen molar-refractivity contribution in [3.63, 3.8) is 0 Å². The molecule has 0 amide bonds. The van der Waals surface area contributed by atoms with Crippen molar-refractivity contribution in [3.8, 4) is 5.75 Å². The maximum absolute atomic E-state index is 5.40. The first-order chi connectivity index (χ1) is 12.2. The van der Waals surface area contributed by atoms with Gasteiger partial charge in [-0.05, 0) is 24.7 Å². The van der Waals surface area contributed by atoms with Gasteiger partial charge in [-0.25, -0.2) is 0 Å². The van der Waals surface area contributed by atoms with Crippen LogP contribution in [0.25, 0.3) is 10.9 Å². The molecule has 0 aliphatic rings. The van der Waals surface area contributed by atoms with E-state index in [-0.39, 0.29) is 0 Å². The molecule has 25 heavy (non-hydrogen) atoms. The number of pyridine rings is 1. The fourth-order valence-electron chi connectivity index (χ4n) is 2.74. The van der Waals surface area contributed by atoms with E-state index in [4.69, 9.17) is 14.0 Å². The zero-order valence-electron chi connectivity index (χ0n) is 14.7. The Morgan fingerprint density at radius 3 is 2.84 bits per heavy atom. The predicted octanol–water partition coefficient (Wildman–Crippen LogP) is 2.45. The molecule has 2 aromatic heterocycles. The third-order valence-electron chi connectivity index (χ3n) is 3.93. The van der Waals surface area contributed by atoms with E-state index >= 15 is 0 Å². The topological polar surface area (TPSA) is 73.5 Å². The molecule has 3 aromatic rings. The van der Waals surface area contributed by atoms with Crippen LogP contribution < -0.4 is 4.74 Å². The standard InChI is InChI=1S/C18H22N4O3/c1-22(12-17-20-16(21-25-17)8-10-23-2)11-13-6-7-15(24-3)18-14(13)5-4-9-19-18/h4-7,9H,8,10-12H2,1-3H3. The number of aromatic nitrogens is 3. The van der Waals surface area contributed by atoms with Gasteiger partial charge in [-0.3, -0.25) is 9.88 Å². The van der Waals surface area contributed by atoms with Crippen LogP contribution >= 0.6 is 0 Å². The molecular formula is C18H22N4O3. The number of hydrogen-bond donors (Lipinski definition) is 0. The van der Waals surface area contributed by atoms with E-state index in [1.54, 1.807) is 20.4 Å². The summed E-state index contributed by atoms with van der Waals surface area (Å²) < 4.78 is 15.7. The summed E-state index contributed by atoms with van der Waals surface area (Å²) in [5.74, 6) is 2.05. The maximum Gasteiger partial charge on any atom is 0.240 e. The summed E-state index contributed by atoms with van der Waals surface area (Å²) in [6.07, 6.45) is 2.43. The average Bonchev–Trinajstić information content (AvgIpc) is 3.07. The van der Waals surface area contributed by atoms with Gasteiger partial charge in [0.1, 0.15) is 11.3 Å². The molecular weight excluding hydrogens is 320 g/mol. The normalized spacial score (nSPS) is 11.4. The van der Waals surface area contributed by atoms with Crippen molar-refractivity contribution in [2.24, 2.45) is 0 Å². The third kappa shape index (κ3) is 4.12. The quantitative estimate of drug-likeness (QED) is 0.622. The molecule has 0 spiro atoms. The van der Waals surface area contributed by atoms with Crippen LogP contribution in [-0.2, 0) is 24.2 Å². The Kier molecular flexibility index (Phi) is 5.57. The average molecular weight is 342 g/mol. The Morgan fingerprint density at radius 1 is 1.16 bits per heavy atom. The Morgan fingerprint density at radius 2 is 2.04 bits per heavy atom. The van der Waals surface area contributed by atoms with Gasteiger partial charge in [0.05, 0.1) is 20.3 Å². The summed E-state index contributed by atoms with van der Waals surface area (Å²) in [5.41, 5.74) is 2.04. The highest BCUT2D eigenvalue weighted by Gasteiger charge is 2.12. The Hall–Kier alpha value is -2.51. The van der Waals surface area contributed by atoms with E-state index in [1.165, 1.54) is 5.56 Å². The highest BCUT2D eigenvalue weighted by molar-refractivity contribution is 5.87. The molecule has 1 aromatic carbocycles. The molecule has 0 radical (unpaired) electrons. The Bertz CT molecular complexity index is 834. The van der Waals surface area contributed by atoms with E-state index in [0.717, 1.165) is 23.2 Å². The molecule has 0 atom stereocenters. The molecule has 0 saturated carbocycles. The van der Waals surface area contributed by atoms with Crippen LogP contribution in [0.15, 0.2) is 35.0 Å². The van der Waals surface area contributed by atoms with E-state index in [2.05, 4.69) is 32.2 Å². The van der Waals surface area contributed by atoms with Crippen molar-refractivity contribution in [3.05, 3.63) is 47.7 Å². The van der Waals surface area contributed by atoms with Crippen LogP contribution in [0.2, 0.25) is 0 Å². The van der Waals surface area contributed by atoms with E-state index < -0.39 is 0 Å². The second kappa shape index (κ2) is 8.04. The van der Waals surface area contributed by atoms with Gasteiger partial charge in [0.2, 0.25) is 5.89 Å². The summed E-state index contributed by atoms with van der Waals surface area (Å²) in [4.78, 5) is 11.0. The molecule has 0 unspecified atom stereocenters. The van der Waals surface area contributed by atoms with Crippen molar-refractivity contribution in [2.75, 3.05) is 27.9 Å². The lowest BCUT2D eigenvalue weighted by atomic mass is 10.1. The van der Waals surface area contributed by atoms with Gasteiger partial charge in [-0.1, -0.05) is 17.3 Å². The van der Waals surface area contributed by atoms with Crippen molar-refractivity contribution in [1.82, 2.24) is 20.0 Å². The minimum Gasteiger partial charge on any atom is -0.494 e. The molecule has 0 bridgehead atoms. The largest absolute Gasteiger partial charge is 0.494 e. The third-order valence-corrected chi connectivity index (χ3v) is 3.93. The molecule has 0 saturated heterocycles. The lowest BCUT2D eigenvalue weighted by Gasteiger charge is -2.16. The van der Waals surface area contributed by atoms with Crippen LogP contribution in [0.3, 0.4) is 0 Å². The van der Waals surface area contributed by atoms with Crippen LogP contribution in [0.1, 0.15) is 17.3 Å². The number of benzene rings is 1. The molecule has 0 aliphatic heterocycles. The van der Waals surface area contributed by atoms with Crippen LogP contribution in [0.5, 0.6) is 5.75 Å². The number of hydrogen-bond acceptors (Lipinski definition) is 7. The SMILES string of the molecule is COCCc1noc(CN(C)Cc2ccc(OC)c3ncccc23)n1. The van der Waals surface area contributed by atoms with E-state index in [9.17, 15) is 0 Å². The van der Waals surface area contributed by atoms with Gasteiger partial charge < -0.3 is 14.0 Å². The van der Waals surface area contributed by atoms with Gasteiger partial charge in [0.25, 0.3) is 0 Å². The molecule has 0 N–H and O–H groups in total. The lowest BCUT2D eigenvalue weighted by molar-refractivity contribution is 0.199. The van der Waals surface area contributed by atoms with E-state index in [1.807, 2.05) is 19.2 Å². The van der Waals surface area contributed by atoms with Crippen LogP contribution in [0.4, 0.5) is 0 Å². The number of fused-ring (bicyclic) bond motifs is 1. The zero-order chi connectivity index (χ0) is 17.6. The van der Waals surface area contributed by atoms with Gasteiger partial charge in [0.15, 0.2) is 5.82 Å². The number of rotatable bonds is 8. The Labute approximate surface area is 146 Å². The molecule has 7 heteroatoms. The molecule has 3 rings (SSSR count). The summed E-state index contributed by atoms with van der Waals surface area (Å²) in [7, 11) is 5.33. The number of methoxy groups -OCH3 is 2. The molecule has 132 valence electrons. The molecule has 0 aliphatic carbocycles. The fraction of sp³-hybridized carbons (Fsp3) is 0.389. The summed E-state index contributed by atoms with van der Waals surface area (Å²) in [5, 5.41) is 5.05. The smallest absolute Gasteiger partial charge is 0.240 e. The minimum atomic E-state index is 0.577. The van der Waals surface area contributed by atoms with Crippen LogP contribution in [-0.4, -0.2) is 47.9 Å². The predicted molar refractivity (Wildman–Crippen MR) is 93.3 cm³/mol. The summed E-state index contributed by atoms with van der Waals surface area (Å²) >= 11 is 0. The summed E-state index contributed by atoms with van der Waals surface area (Å²) in [6, 6.07) is 8.01.